The zero-order valence-corrected chi connectivity index (χ0v) is 19.6. The molecule has 3 aliphatic rings. The van der Waals surface area contributed by atoms with Gasteiger partial charge in [0.05, 0.1) is 57.9 Å². The van der Waals surface area contributed by atoms with Gasteiger partial charge >= 0.3 is 6.18 Å². The molecule has 9 nitrogen and oxygen atoms in total. The van der Waals surface area contributed by atoms with Crippen LogP contribution in [0.15, 0.2) is 10.6 Å². The summed E-state index contributed by atoms with van der Waals surface area (Å²) in [6, 6.07) is 0. The van der Waals surface area contributed by atoms with E-state index in [1.54, 1.807) is 10.9 Å². The largest absolute Gasteiger partial charge is 0.454 e. The molecule has 5 rings (SSSR count). The third-order valence-electron chi connectivity index (χ3n) is 6.45. The van der Waals surface area contributed by atoms with Crippen molar-refractivity contribution in [3.05, 3.63) is 28.8 Å². The molecule has 1 N–H and O–H groups in total. The molecule has 0 bridgehead atoms. The van der Waals surface area contributed by atoms with Gasteiger partial charge in [-0.1, -0.05) is 13.8 Å². The molecule has 2 atom stereocenters. The van der Waals surface area contributed by atoms with Crippen LogP contribution in [0, 0.1) is 0 Å². The number of ether oxygens (including phenoxy) is 4. The highest BCUT2D eigenvalue weighted by Crippen LogP contribution is 2.50. The normalized spacial score (nSPS) is 24.0. The van der Waals surface area contributed by atoms with Gasteiger partial charge in [0.2, 0.25) is 5.76 Å². The lowest BCUT2D eigenvalue weighted by atomic mass is 9.74. The molecule has 35 heavy (non-hydrogen) atoms. The minimum absolute atomic E-state index is 0.0102. The third-order valence-corrected chi connectivity index (χ3v) is 6.45. The molecule has 2 aromatic heterocycles. The van der Waals surface area contributed by atoms with Crippen LogP contribution in [0.25, 0.3) is 11.3 Å². The van der Waals surface area contributed by atoms with Gasteiger partial charge in [-0.3, -0.25) is 9.48 Å². The van der Waals surface area contributed by atoms with E-state index in [0.717, 1.165) is 0 Å². The van der Waals surface area contributed by atoms with Crippen LogP contribution in [-0.2, 0) is 43.5 Å². The average molecular weight is 499 g/mol. The van der Waals surface area contributed by atoms with Crippen molar-refractivity contribution >= 4 is 5.91 Å². The summed E-state index contributed by atoms with van der Waals surface area (Å²) in [6.07, 6.45) is -3.55. The molecular formula is C23H28F3N3O6. The number of halogens is 3. The van der Waals surface area contributed by atoms with Crippen molar-refractivity contribution in [1.82, 2.24) is 15.1 Å². The summed E-state index contributed by atoms with van der Waals surface area (Å²) in [7, 11) is 0. The topological polar surface area (TPSA) is 97.0 Å². The fourth-order valence-electron chi connectivity index (χ4n) is 4.77. The first-order valence-corrected chi connectivity index (χ1v) is 11.6. The van der Waals surface area contributed by atoms with E-state index in [2.05, 4.69) is 10.4 Å². The lowest BCUT2D eigenvalue weighted by Gasteiger charge is -2.28. The van der Waals surface area contributed by atoms with Crippen LogP contribution in [0.3, 0.4) is 0 Å². The summed E-state index contributed by atoms with van der Waals surface area (Å²) in [5.41, 5.74) is -0.995. The summed E-state index contributed by atoms with van der Waals surface area (Å²) in [5, 5.41) is 7.00. The van der Waals surface area contributed by atoms with Gasteiger partial charge in [0.15, 0.2) is 0 Å². The first kappa shape index (κ1) is 24.3. The van der Waals surface area contributed by atoms with Crippen molar-refractivity contribution in [3.8, 4) is 11.3 Å². The number of carbonyl (C=O) groups is 1. The van der Waals surface area contributed by atoms with Gasteiger partial charge < -0.3 is 28.7 Å². The van der Waals surface area contributed by atoms with E-state index in [-0.39, 0.29) is 42.7 Å². The number of nitrogens with one attached hydrogen (secondary N) is 1. The van der Waals surface area contributed by atoms with Gasteiger partial charge in [-0.2, -0.15) is 18.3 Å². The van der Waals surface area contributed by atoms with E-state index >= 15 is 0 Å². The summed E-state index contributed by atoms with van der Waals surface area (Å²) in [5.74, 6) is -1.62. The summed E-state index contributed by atoms with van der Waals surface area (Å²) in [6.45, 7) is 6.60. The fourth-order valence-corrected chi connectivity index (χ4v) is 4.77. The molecular weight excluding hydrogens is 471 g/mol. The van der Waals surface area contributed by atoms with Crippen LogP contribution in [0.5, 0.6) is 0 Å². The van der Waals surface area contributed by atoms with Crippen LogP contribution >= 0.6 is 0 Å². The minimum Gasteiger partial charge on any atom is -0.454 e. The summed E-state index contributed by atoms with van der Waals surface area (Å²) < 4.78 is 72.0. The number of rotatable bonds is 5. The molecule has 0 aromatic carbocycles. The molecule has 4 heterocycles. The molecule has 0 spiro atoms. The second-order valence-corrected chi connectivity index (χ2v) is 9.62. The van der Waals surface area contributed by atoms with Crippen molar-refractivity contribution in [3.63, 3.8) is 0 Å². The maximum atomic E-state index is 14.3. The number of hydrogen-bond donors (Lipinski definition) is 1. The SMILES string of the molecule is CC1(C)Cc2oc(C(=O)NC[C@@H]3COCCO3)c(C(F)(F)F)c2-c2nn(C[C@H]3COCCO3)cc21. The fraction of sp³-hybridized carbons (Fsp3) is 0.652. The van der Waals surface area contributed by atoms with E-state index in [1.165, 1.54) is 0 Å². The second kappa shape index (κ2) is 9.23. The highest BCUT2D eigenvalue weighted by atomic mass is 19.4. The van der Waals surface area contributed by atoms with Gasteiger partial charge in [-0.15, -0.1) is 0 Å². The average Bonchev–Trinajstić information content (AvgIpc) is 3.40. The number of alkyl halides is 3. The summed E-state index contributed by atoms with van der Waals surface area (Å²) >= 11 is 0. The number of amides is 1. The van der Waals surface area contributed by atoms with Crippen molar-refractivity contribution in [1.29, 1.82) is 0 Å². The van der Waals surface area contributed by atoms with Crippen molar-refractivity contribution in [2.45, 2.75) is 50.6 Å². The minimum atomic E-state index is -4.82. The van der Waals surface area contributed by atoms with E-state index in [9.17, 15) is 18.0 Å². The highest BCUT2D eigenvalue weighted by molar-refractivity contribution is 5.96. The maximum Gasteiger partial charge on any atom is 0.420 e. The monoisotopic (exact) mass is 499 g/mol. The molecule has 12 heteroatoms. The second-order valence-electron chi connectivity index (χ2n) is 9.62. The standard InChI is InChI=1S/C23H28F3N3O6/c1-22(2)7-16-17(19-15(22)10-29(28-19)9-14-12-32-4-6-34-14)18(23(24,25)26)20(35-16)21(30)27-8-13-11-31-3-5-33-13/h10,13-14H,3-9,11-12H2,1-2H3,(H,27,30)/t13-,14+/m1/s1. The number of aromatic nitrogens is 2. The van der Waals surface area contributed by atoms with Gasteiger partial charge in [-0.05, 0) is 0 Å². The summed E-state index contributed by atoms with van der Waals surface area (Å²) in [4.78, 5) is 12.9. The molecule has 1 aliphatic carbocycles. The Labute approximate surface area is 199 Å². The predicted octanol–water partition coefficient (Wildman–Crippen LogP) is 2.56. The molecule has 1 amide bonds. The molecule has 2 saturated heterocycles. The van der Waals surface area contributed by atoms with Crippen LogP contribution in [0.1, 0.15) is 41.3 Å². The first-order valence-electron chi connectivity index (χ1n) is 11.6. The molecule has 0 saturated carbocycles. The third kappa shape index (κ3) is 4.84. The lowest BCUT2D eigenvalue weighted by Crippen LogP contribution is -2.40. The van der Waals surface area contributed by atoms with Crippen LogP contribution in [0.4, 0.5) is 13.2 Å². The van der Waals surface area contributed by atoms with Gasteiger partial charge in [0.25, 0.3) is 5.91 Å². The van der Waals surface area contributed by atoms with Gasteiger partial charge in [-0.25, -0.2) is 0 Å². The van der Waals surface area contributed by atoms with E-state index in [1.807, 2.05) is 13.8 Å². The van der Waals surface area contributed by atoms with Gasteiger partial charge in [0, 0.05) is 30.1 Å². The molecule has 0 radical (unpaired) electrons. The molecule has 2 aliphatic heterocycles. The van der Waals surface area contributed by atoms with Crippen LogP contribution < -0.4 is 5.32 Å². The molecule has 2 aromatic rings. The lowest BCUT2D eigenvalue weighted by molar-refractivity contribution is -0.137. The van der Waals surface area contributed by atoms with E-state index in [0.29, 0.717) is 45.1 Å². The number of fused-ring (bicyclic) bond motifs is 3. The Kier molecular flexibility index (Phi) is 6.41. The number of carbonyl (C=O) groups excluding carboxylic acids is 1. The molecule has 2 fully saturated rings. The Hall–Kier alpha value is -2.41. The Morgan fingerprint density at radius 1 is 1.14 bits per heavy atom. The zero-order valence-electron chi connectivity index (χ0n) is 19.6. The Bertz CT molecular complexity index is 1080. The maximum absolute atomic E-state index is 14.3. The van der Waals surface area contributed by atoms with E-state index < -0.39 is 34.9 Å². The van der Waals surface area contributed by atoms with Crippen molar-refractivity contribution in [2.75, 3.05) is 46.2 Å². The van der Waals surface area contributed by atoms with Crippen LogP contribution in [-0.4, -0.2) is 74.1 Å². The van der Waals surface area contributed by atoms with Crippen molar-refractivity contribution in [2.24, 2.45) is 0 Å². The van der Waals surface area contributed by atoms with Crippen molar-refractivity contribution < 1.29 is 41.3 Å². The Balaban J connectivity index is 1.49. The first-order chi connectivity index (χ1) is 16.6. The highest BCUT2D eigenvalue weighted by Gasteiger charge is 2.48. The number of hydrogen-bond acceptors (Lipinski definition) is 7. The van der Waals surface area contributed by atoms with Crippen LogP contribution in [0.2, 0.25) is 0 Å². The number of furan rings is 1. The van der Waals surface area contributed by atoms with Gasteiger partial charge in [0.1, 0.15) is 23.1 Å². The quantitative estimate of drug-likeness (QED) is 0.676. The predicted molar refractivity (Wildman–Crippen MR) is 115 cm³/mol. The molecule has 0 unspecified atom stereocenters. The van der Waals surface area contributed by atoms with E-state index in [4.69, 9.17) is 23.4 Å². The molecule has 192 valence electrons. The Morgan fingerprint density at radius 3 is 2.46 bits per heavy atom. The Morgan fingerprint density at radius 2 is 1.83 bits per heavy atom. The smallest absolute Gasteiger partial charge is 0.420 e. The zero-order chi connectivity index (χ0) is 24.8. The number of nitrogens with zero attached hydrogens (tertiary/aromatic N) is 2.